The van der Waals surface area contributed by atoms with Crippen molar-refractivity contribution < 1.29 is 9.31 Å². The molecule has 2 rings (SSSR count). The molecule has 1 fully saturated rings. The van der Waals surface area contributed by atoms with E-state index in [1.165, 1.54) is 0 Å². The Morgan fingerprint density at radius 1 is 1.21 bits per heavy atom. The lowest BCUT2D eigenvalue weighted by Gasteiger charge is -2.32. The Labute approximate surface area is 113 Å². The van der Waals surface area contributed by atoms with E-state index in [-0.39, 0.29) is 17.0 Å². The van der Waals surface area contributed by atoms with Crippen molar-refractivity contribution in [2.75, 3.05) is 0 Å². The van der Waals surface area contributed by atoms with Gasteiger partial charge in [-0.15, -0.1) is 0 Å². The molecule has 4 N–H and O–H groups in total. The summed E-state index contributed by atoms with van der Waals surface area (Å²) < 4.78 is 11.9. The molecule has 6 nitrogen and oxygen atoms in total. The molecular weight excluding hydrogens is 243 g/mol. The minimum atomic E-state index is -0.428. The summed E-state index contributed by atoms with van der Waals surface area (Å²) in [7, 11) is -0.428. The maximum Gasteiger partial charge on any atom is 0.496 e. The monoisotopic (exact) mass is 262 g/mol. The van der Waals surface area contributed by atoms with Crippen molar-refractivity contribution in [2.24, 2.45) is 16.7 Å². The highest BCUT2D eigenvalue weighted by atomic mass is 16.7. The van der Waals surface area contributed by atoms with E-state index >= 15 is 0 Å². The molecule has 0 aromatic carbocycles. The van der Waals surface area contributed by atoms with Crippen molar-refractivity contribution >= 4 is 18.4 Å². The Bertz CT molecular complexity index is 483. The molecule has 0 bridgehead atoms. The van der Waals surface area contributed by atoms with Crippen LogP contribution in [0.15, 0.2) is 23.4 Å². The summed E-state index contributed by atoms with van der Waals surface area (Å²) in [5.74, 6) is 5.30. The highest BCUT2D eigenvalue weighted by Crippen LogP contribution is 2.36. The maximum atomic E-state index is 5.93. The number of rotatable bonds is 2. The average molecular weight is 262 g/mol. The third kappa shape index (κ3) is 2.43. The molecule has 1 aliphatic rings. The fourth-order valence-electron chi connectivity index (χ4n) is 1.74. The van der Waals surface area contributed by atoms with Crippen molar-refractivity contribution in [3.63, 3.8) is 0 Å². The van der Waals surface area contributed by atoms with Gasteiger partial charge in [-0.1, -0.05) is 6.07 Å². The minimum absolute atomic E-state index is 0.195. The molecule has 102 valence electrons. The highest BCUT2D eigenvalue weighted by molar-refractivity contribution is 6.62. The summed E-state index contributed by atoms with van der Waals surface area (Å²) in [4.78, 5) is 4.19. The Kier molecular flexibility index (Phi) is 3.28. The molecular formula is C12H19BN4O2. The molecule has 1 aromatic rings. The van der Waals surface area contributed by atoms with Crippen LogP contribution < -0.4 is 17.0 Å². The van der Waals surface area contributed by atoms with Gasteiger partial charge in [-0.2, -0.15) is 5.10 Å². The van der Waals surface area contributed by atoms with E-state index < -0.39 is 7.12 Å². The fourth-order valence-corrected chi connectivity index (χ4v) is 1.74. The lowest BCUT2D eigenvalue weighted by molar-refractivity contribution is 0.00578. The number of hydrogen-bond acceptors (Lipinski definition) is 5. The van der Waals surface area contributed by atoms with Crippen molar-refractivity contribution in [2.45, 2.75) is 38.9 Å². The standard InChI is InChI=1S/C12H19BN4O2/c1-11(2)12(3,4)19-13(18-11)8-5-6-9(16-7-8)10(14)17-15/h5-7H,15H2,1-4H3,(H2,14,17). The Morgan fingerprint density at radius 3 is 2.21 bits per heavy atom. The molecule has 19 heavy (non-hydrogen) atoms. The quantitative estimate of drug-likeness (QED) is 0.256. The predicted molar refractivity (Wildman–Crippen MR) is 74.9 cm³/mol. The van der Waals surface area contributed by atoms with Crippen molar-refractivity contribution in [3.8, 4) is 0 Å². The van der Waals surface area contributed by atoms with Gasteiger partial charge in [0.1, 0.15) is 5.69 Å². The third-order valence-electron chi connectivity index (χ3n) is 3.71. The first-order valence-corrected chi connectivity index (χ1v) is 6.12. The van der Waals surface area contributed by atoms with Crippen LogP contribution in [-0.2, 0) is 9.31 Å². The zero-order chi connectivity index (χ0) is 14.3. The van der Waals surface area contributed by atoms with Crippen LogP contribution in [0, 0.1) is 0 Å². The molecule has 0 radical (unpaired) electrons. The number of amidine groups is 1. The molecule has 0 unspecified atom stereocenters. The van der Waals surface area contributed by atoms with Crippen molar-refractivity contribution in [3.05, 3.63) is 24.0 Å². The molecule has 0 aliphatic carbocycles. The smallest absolute Gasteiger partial charge is 0.399 e. The minimum Gasteiger partial charge on any atom is -0.399 e. The van der Waals surface area contributed by atoms with Crippen LogP contribution in [0.1, 0.15) is 33.4 Å². The van der Waals surface area contributed by atoms with E-state index in [4.69, 9.17) is 20.9 Å². The average Bonchev–Trinajstić information content (AvgIpc) is 2.58. The van der Waals surface area contributed by atoms with Crippen LogP contribution in [0.25, 0.3) is 0 Å². The van der Waals surface area contributed by atoms with Gasteiger partial charge in [0.25, 0.3) is 0 Å². The van der Waals surface area contributed by atoms with Gasteiger partial charge in [0.05, 0.1) is 11.2 Å². The number of hydrogen-bond donors (Lipinski definition) is 2. The summed E-state index contributed by atoms with van der Waals surface area (Å²) in [5.41, 5.74) is 6.22. The molecule has 0 amide bonds. The van der Waals surface area contributed by atoms with E-state index in [2.05, 4.69) is 10.1 Å². The molecule has 1 aromatic heterocycles. The van der Waals surface area contributed by atoms with E-state index in [0.717, 1.165) is 5.46 Å². The van der Waals surface area contributed by atoms with Crippen molar-refractivity contribution in [1.82, 2.24) is 4.98 Å². The lowest BCUT2D eigenvalue weighted by Crippen LogP contribution is -2.41. The number of hydrazone groups is 1. The largest absolute Gasteiger partial charge is 0.496 e. The van der Waals surface area contributed by atoms with Gasteiger partial charge < -0.3 is 20.9 Å². The molecule has 1 saturated heterocycles. The van der Waals surface area contributed by atoms with Crippen molar-refractivity contribution in [1.29, 1.82) is 0 Å². The molecule has 0 spiro atoms. The highest BCUT2D eigenvalue weighted by Gasteiger charge is 2.51. The van der Waals surface area contributed by atoms with E-state index in [1.807, 2.05) is 33.8 Å². The third-order valence-corrected chi connectivity index (χ3v) is 3.71. The summed E-state index contributed by atoms with van der Waals surface area (Å²) in [6, 6.07) is 3.59. The summed E-state index contributed by atoms with van der Waals surface area (Å²) >= 11 is 0. The van der Waals surface area contributed by atoms with Crippen LogP contribution in [0.4, 0.5) is 0 Å². The van der Waals surface area contributed by atoms with Crippen LogP contribution >= 0.6 is 0 Å². The normalized spacial score (nSPS) is 21.7. The van der Waals surface area contributed by atoms with Crippen LogP contribution in [0.2, 0.25) is 0 Å². The topological polar surface area (TPSA) is 95.8 Å². The first-order valence-electron chi connectivity index (χ1n) is 6.12. The van der Waals surface area contributed by atoms with Gasteiger partial charge in [-0.05, 0) is 33.8 Å². The zero-order valence-corrected chi connectivity index (χ0v) is 11.7. The van der Waals surface area contributed by atoms with Gasteiger partial charge in [-0.3, -0.25) is 4.98 Å². The summed E-state index contributed by atoms with van der Waals surface area (Å²) in [5, 5.41) is 3.40. The van der Waals surface area contributed by atoms with E-state index in [1.54, 1.807) is 12.3 Å². The van der Waals surface area contributed by atoms with Gasteiger partial charge in [-0.25, -0.2) is 0 Å². The number of pyridine rings is 1. The number of nitrogens with two attached hydrogens (primary N) is 2. The summed E-state index contributed by atoms with van der Waals surface area (Å²) in [6.07, 6.45) is 1.66. The second kappa shape index (κ2) is 4.50. The fraction of sp³-hybridized carbons (Fsp3) is 0.500. The van der Waals surface area contributed by atoms with Gasteiger partial charge in [0, 0.05) is 11.7 Å². The second-order valence-electron chi connectivity index (χ2n) is 5.58. The molecule has 7 heteroatoms. The summed E-state index contributed by atoms with van der Waals surface area (Å²) in [6.45, 7) is 8.03. The van der Waals surface area contributed by atoms with E-state index in [9.17, 15) is 0 Å². The van der Waals surface area contributed by atoms with E-state index in [0.29, 0.717) is 5.69 Å². The number of aromatic nitrogens is 1. The van der Waals surface area contributed by atoms with Crippen LogP contribution in [0.5, 0.6) is 0 Å². The van der Waals surface area contributed by atoms with Gasteiger partial charge in [0.2, 0.25) is 0 Å². The lowest BCUT2D eigenvalue weighted by atomic mass is 9.80. The van der Waals surface area contributed by atoms with Crippen LogP contribution in [0.3, 0.4) is 0 Å². The first kappa shape index (κ1) is 13.8. The van der Waals surface area contributed by atoms with Gasteiger partial charge >= 0.3 is 7.12 Å². The molecule has 1 aliphatic heterocycles. The predicted octanol–water partition coefficient (Wildman–Crippen LogP) is -0.0402. The second-order valence-corrected chi connectivity index (χ2v) is 5.58. The zero-order valence-electron chi connectivity index (χ0n) is 11.7. The Hall–Kier alpha value is -1.60. The molecule has 0 atom stereocenters. The number of nitrogens with zero attached hydrogens (tertiary/aromatic N) is 2. The Balaban J connectivity index is 2.21. The van der Waals surface area contributed by atoms with Gasteiger partial charge in [0.15, 0.2) is 5.84 Å². The first-order chi connectivity index (χ1) is 8.77. The maximum absolute atomic E-state index is 5.93. The molecule has 0 saturated carbocycles. The Morgan fingerprint density at radius 2 is 1.79 bits per heavy atom. The SMILES string of the molecule is CC1(C)OB(c2ccc(/C(N)=N/N)nc2)OC1(C)C. The molecule has 2 heterocycles. The van der Waals surface area contributed by atoms with Crippen LogP contribution in [-0.4, -0.2) is 29.1 Å².